The van der Waals surface area contributed by atoms with Crippen molar-refractivity contribution in [2.75, 3.05) is 19.8 Å². The van der Waals surface area contributed by atoms with E-state index < -0.39 is 5.97 Å². The summed E-state index contributed by atoms with van der Waals surface area (Å²) < 4.78 is 6.74. The predicted molar refractivity (Wildman–Crippen MR) is 75.1 cm³/mol. The first-order valence-electron chi connectivity index (χ1n) is 7.64. The largest absolute Gasteiger partial charge is 0.480 e. The molecular weight excluding hydrogens is 288 g/mol. The van der Waals surface area contributed by atoms with E-state index >= 15 is 0 Å². The summed E-state index contributed by atoms with van der Waals surface area (Å²) in [5.41, 5.74) is 0. The van der Waals surface area contributed by atoms with Gasteiger partial charge in [-0.3, -0.25) is 9.59 Å². The third kappa shape index (κ3) is 3.27. The van der Waals surface area contributed by atoms with Gasteiger partial charge in [0.15, 0.2) is 5.82 Å². The van der Waals surface area contributed by atoms with Gasteiger partial charge in [0.05, 0.1) is 13.2 Å². The molecule has 1 unspecified atom stereocenters. The van der Waals surface area contributed by atoms with Crippen LogP contribution in [0.15, 0.2) is 0 Å². The molecule has 1 aromatic rings. The molecule has 8 heteroatoms. The van der Waals surface area contributed by atoms with Crippen LogP contribution >= 0.6 is 0 Å². The second kappa shape index (κ2) is 6.43. The van der Waals surface area contributed by atoms with Crippen molar-refractivity contribution in [3.63, 3.8) is 0 Å². The molecule has 2 aliphatic heterocycles. The molecule has 3 heterocycles. The van der Waals surface area contributed by atoms with Gasteiger partial charge in [-0.2, -0.15) is 5.10 Å². The summed E-state index contributed by atoms with van der Waals surface area (Å²) in [4.78, 5) is 29.2. The molecule has 0 saturated carbocycles. The highest BCUT2D eigenvalue weighted by molar-refractivity contribution is 5.76. The standard InChI is InChI=1S/C14H20N4O4/c19-12-3-1-2-5-17(12)7-11-15-14(10-4-6-22-9-10)16-18(11)8-13(20)21/h10H,1-9H2,(H,20,21). The highest BCUT2D eigenvalue weighted by atomic mass is 16.5. The molecule has 0 radical (unpaired) electrons. The average molecular weight is 308 g/mol. The van der Waals surface area contributed by atoms with Crippen LogP contribution in [0.1, 0.15) is 43.3 Å². The van der Waals surface area contributed by atoms with Crippen LogP contribution in [0.25, 0.3) is 0 Å². The fourth-order valence-corrected chi connectivity index (χ4v) is 2.88. The van der Waals surface area contributed by atoms with Crippen LogP contribution in [0.5, 0.6) is 0 Å². The molecular formula is C14H20N4O4. The van der Waals surface area contributed by atoms with Crippen molar-refractivity contribution in [3.05, 3.63) is 11.6 Å². The number of aromatic nitrogens is 3. The Morgan fingerprint density at radius 3 is 2.95 bits per heavy atom. The number of hydrogen-bond donors (Lipinski definition) is 1. The summed E-state index contributed by atoms with van der Waals surface area (Å²) >= 11 is 0. The number of piperidine rings is 1. The van der Waals surface area contributed by atoms with Gasteiger partial charge in [0.2, 0.25) is 5.91 Å². The summed E-state index contributed by atoms with van der Waals surface area (Å²) in [6.07, 6.45) is 3.29. The maximum absolute atomic E-state index is 11.9. The molecule has 0 bridgehead atoms. The van der Waals surface area contributed by atoms with Gasteiger partial charge in [-0.15, -0.1) is 0 Å². The first-order valence-corrected chi connectivity index (χ1v) is 7.64. The van der Waals surface area contributed by atoms with E-state index in [0.29, 0.717) is 44.4 Å². The summed E-state index contributed by atoms with van der Waals surface area (Å²) in [5, 5.41) is 13.4. The summed E-state index contributed by atoms with van der Waals surface area (Å²) in [6, 6.07) is 0. The Labute approximate surface area is 128 Å². The van der Waals surface area contributed by atoms with Crippen LogP contribution in [0.3, 0.4) is 0 Å². The fraction of sp³-hybridized carbons (Fsp3) is 0.714. The molecule has 3 rings (SSSR count). The minimum atomic E-state index is -0.967. The number of carboxylic acids is 1. The van der Waals surface area contributed by atoms with E-state index in [2.05, 4.69) is 10.1 Å². The lowest BCUT2D eigenvalue weighted by Crippen LogP contribution is -2.35. The first-order chi connectivity index (χ1) is 10.6. The van der Waals surface area contributed by atoms with Gasteiger partial charge in [-0.1, -0.05) is 0 Å². The van der Waals surface area contributed by atoms with Gasteiger partial charge >= 0.3 is 5.97 Å². The van der Waals surface area contributed by atoms with Gasteiger partial charge in [0.25, 0.3) is 0 Å². The van der Waals surface area contributed by atoms with Crippen molar-refractivity contribution in [3.8, 4) is 0 Å². The molecule has 2 fully saturated rings. The van der Waals surface area contributed by atoms with Gasteiger partial charge < -0.3 is 14.7 Å². The van der Waals surface area contributed by atoms with Crippen LogP contribution in [0.2, 0.25) is 0 Å². The van der Waals surface area contributed by atoms with Gasteiger partial charge in [0.1, 0.15) is 12.4 Å². The quantitative estimate of drug-likeness (QED) is 0.844. The summed E-state index contributed by atoms with van der Waals surface area (Å²) in [5.74, 6) is 0.413. The lowest BCUT2D eigenvalue weighted by molar-refractivity contribution is -0.137. The molecule has 0 spiro atoms. The van der Waals surface area contributed by atoms with Crippen LogP contribution in [-0.4, -0.2) is 56.4 Å². The van der Waals surface area contributed by atoms with Crippen molar-refractivity contribution in [1.82, 2.24) is 19.7 Å². The number of rotatable bonds is 5. The van der Waals surface area contributed by atoms with Crippen molar-refractivity contribution in [1.29, 1.82) is 0 Å². The second-order valence-corrected chi connectivity index (χ2v) is 5.77. The topological polar surface area (TPSA) is 97.5 Å². The molecule has 1 amide bonds. The Hall–Kier alpha value is -1.96. The summed E-state index contributed by atoms with van der Waals surface area (Å²) in [7, 11) is 0. The highest BCUT2D eigenvalue weighted by Crippen LogP contribution is 2.23. The minimum Gasteiger partial charge on any atom is -0.480 e. The average Bonchev–Trinajstić information content (AvgIpc) is 3.11. The van der Waals surface area contributed by atoms with E-state index in [9.17, 15) is 9.59 Å². The number of hydrogen-bond acceptors (Lipinski definition) is 5. The number of aliphatic carboxylic acids is 1. The third-order valence-corrected chi connectivity index (χ3v) is 4.10. The van der Waals surface area contributed by atoms with E-state index in [1.807, 2.05) is 0 Å². The number of carbonyl (C=O) groups excluding carboxylic acids is 1. The first kappa shape index (κ1) is 15.0. The lowest BCUT2D eigenvalue weighted by Gasteiger charge is -2.26. The van der Waals surface area contributed by atoms with Crippen molar-refractivity contribution < 1.29 is 19.4 Å². The van der Waals surface area contributed by atoms with Crippen LogP contribution in [-0.2, 0) is 27.4 Å². The maximum atomic E-state index is 11.9. The van der Waals surface area contributed by atoms with Crippen LogP contribution < -0.4 is 0 Å². The molecule has 22 heavy (non-hydrogen) atoms. The highest BCUT2D eigenvalue weighted by Gasteiger charge is 2.26. The monoisotopic (exact) mass is 308 g/mol. The van der Waals surface area contributed by atoms with E-state index in [4.69, 9.17) is 9.84 Å². The van der Waals surface area contributed by atoms with Gasteiger partial charge in [0, 0.05) is 25.5 Å². The zero-order valence-electron chi connectivity index (χ0n) is 12.4. The predicted octanol–water partition coefficient (Wildman–Crippen LogP) is 0.379. The number of amides is 1. The van der Waals surface area contributed by atoms with Crippen molar-refractivity contribution in [2.45, 2.75) is 44.7 Å². The van der Waals surface area contributed by atoms with Crippen LogP contribution in [0.4, 0.5) is 0 Å². The maximum Gasteiger partial charge on any atom is 0.325 e. The van der Waals surface area contributed by atoms with E-state index in [1.54, 1.807) is 4.90 Å². The third-order valence-electron chi connectivity index (χ3n) is 4.10. The van der Waals surface area contributed by atoms with E-state index in [-0.39, 0.29) is 18.4 Å². The molecule has 2 saturated heterocycles. The normalized spacial score (nSPS) is 22.3. The second-order valence-electron chi connectivity index (χ2n) is 5.77. The van der Waals surface area contributed by atoms with Gasteiger partial charge in [-0.05, 0) is 19.3 Å². The number of ether oxygens (including phenoxy) is 1. The zero-order valence-corrected chi connectivity index (χ0v) is 12.4. The van der Waals surface area contributed by atoms with E-state index in [1.165, 1.54) is 4.68 Å². The van der Waals surface area contributed by atoms with E-state index in [0.717, 1.165) is 19.3 Å². The molecule has 1 aromatic heterocycles. The Morgan fingerprint density at radius 1 is 1.41 bits per heavy atom. The summed E-state index contributed by atoms with van der Waals surface area (Å²) in [6.45, 7) is 2.03. The lowest BCUT2D eigenvalue weighted by atomic mass is 10.1. The molecule has 120 valence electrons. The molecule has 2 aliphatic rings. The zero-order chi connectivity index (χ0) is 15.5. The molecule has 0 aliphatic carbocycles. The number of likely N-dealkylation sites (tertiary alicyclic amines) is 1. The molecule has 8 nitrogen and oxygen atoms in total. The number of nitrogens with zero attached hydrogens (tertiary/aromatic N) is 4. The molecule has 0 aromatic carbocycles. The SMILES string of the molecule is O=C(O)Cn1nc(C2CCOC2)nc1CN1CCCCC1=O. The van der Waals surface area contributed by atoms with Crippen molar-refractivity contribution in [2.24, 2.45) is 0 Å². The Balaban J connectivity index is 1.80. The fourth-order valence-electron chi connectivity index (χ4n) is 2.88. The Kier molecular flexibility index (Phi) is 4.37. The smallest absolute Gasteiger partial charge is 0.325 e. The Morgan fingerprint density at radius 2 is 2.27 bits per heavy atom. The van der Waals surface area contributed by atoms with Gasteiger partial charge in [-0.25, -0.2) is 9.67 Å². The number of carbonyl (C=O) groups is 2. The van der Waals surface area contributed by atoms with Crippen molar-refractivity contribution >= 4 is 11.9 Å². The molecule has 1 atom stereocenters. The molecule has 1 N–H and O–H groups in total. The number of carboxylic acid groups (broad SMARTS) is 1. The van der Waals surface area contributed by atoms with Crippen LogP contribution in [0, 0.1) is 0 Å². The Bertz CT molecular complexity index is 565. The minimum absolute atomic E-state index is 0.0990.